The van der Waals surface area contributed by atoms with Crippen molar-refractivity contribution >= 4 is 32.4 Å². The van der Waals surface area contributed by atoms with Crippen molar-refractivity contribution in [1.82, 2.24) is 0 Å². The van der Waals surface area contributed by atoms with Crippen LogP contribution in [-0.2, 0) is 47.2 Å². The second kappa shape index (κ2) is 21.5. The smallest absolute Gasteiger partial charge is 0.311 e. The minimum atomic E-state index is -3.70. The molecule has 0 spiro atoms. The highest BCUT2D eigenvalue weighted by molar-refractivity contribution is 7.91. The molecule has 0 amide bonds. The fraction of sp³-hybridized carbons (Fsp3) is 0.780. The van der Waals surface area contributed by atoms with E-state index in [-0.39, 0.29) is 63.1 Å². The maximum atomic E-state index is 14.2. The van der Waals surface area contributed by atoms with Gasteiger partial charge in [-0.3, -0.25) is 4.79 Å². The Bertz CT molecular complexity index is 1780. The van der Waals surface area contributed by atoms with Crippen molar-refractivity contribution in [2.45, 2.75) is 211 Å². The van der Waals surface area contributed by atoms with E-state index in [0.29, 0.717) is 26.1 Å². The SMILES string of the molecule is C=C1C(CC2OC(C[C@H](CO[Si](C)(C)C(C)(C)C)O[Si](C)(C)C(C)(C)C)[C@H](OC)[C@H]2CS(=O)(=O)c2ccccc2)O[C@@H](CC[C@@H]2OC(CCCOC(=O)C(C)(C)C)CC2=C)C[C@H]1C. The van der Waals surface area contributed by atoms with E-state index in [1.165, 1.54) is 0 Å². The summed E-state index contributed by atoms with van der Waals surface area (Å²) in [4.78, 5) is 12.5. The van der Waals surface area contributed by atoms with Crippen molar-refractivity contribution in [2.24, 2.45) is 17.3 Å². The Morgan fingerprint density at radius 3 is 2.05 bits per heavy atom. The van der Waals surface area contributed by atoms with Gasteiger partial charge in [-0.25, -0.2) is 8.42 Å². The molecule has 1 aromatic carbocycles. The highest BCUT2D eigenvalue weighted by Gasteiger charge is 2.50. The molecule has 3 heterocycles. The highest BCUT2D eigenvalue weighted by atomic mass is 32.2. The van der Waals surface area contributed by atoms with Crippen molar-refractivity contribution < 1.29 is 45.7 Å². The number of carbonyl (C=O) groups is 1. The summed E-state index contributed by atoms with van der Waals surface area (Å²) in [6, 6.07) is 8.68. The first-order valence-electron chi connectivity index (χ1n) is 23.6. The zero-order chi connectivity index (χ0) is 47.3. The number of methoxy groups -OCH3 is 1. The fourth-order valence-electron chi connectivity index (χ4n) is 8.45. The largest absolute Gasteiger partial charge is 0.465 e. The second-order valence-corrected chi connectivity index (χ2v) is 34.5. The average Bonchev–Trinajstić information content (AvgIpc) is 3.68. The summed E-state index contributed by atoms with van der Waals surface area (Å²) in [7, 11) is -6.41. The van der Waals surface area contributed by atoms with Crippen molar-refractivity contribution in [1.29, 1.82) is 0 Å². The van der Waals surface area contributed by atoms with Gasteiger partial charge in [-0.2, -0.15) is 0 Å². The normalized spacial score (nSPS) is 28.4. The molecule has 3 aliphatic heterocycles. The van der Waals surface area contributed by atoms with Gasteiger partial charge in [0.05, 0.1) is 78.1 Å². The molecular weight excluding hydrogens is 849 g/mol. The summed E-state index contributed by atoms with van der Waals surface area (Å²) in [5.41, 5.74) is 1.59. The van der Waals surface area contributed by atoms with Crippen LogP contribution in [-0.4, -0.2) is 106 Å². The Balaban J connectivity index is 1.52. The van der Waals surface area contributed by atoms with Crippen LogP contribution in [0.25, 0.3) is 0 Å². The van der Waals surface area contributed by atoms with Gasteiger partial charge in [-0.1, -0.05) is 79.8 Å². The molecule has 3 saturated heterocycles. The van der Waals surface area contributed by atoms with Crippen molar-refractivity contribution in [3.63, 3.8) is 0 Å². The van der Waals surface area contributed by atoms with Crippen LogP contribution in [0.15, 0.2) is 59.5 Å². The Morgan fingerprint density at radius 2 is 1.46 bits per heavy atom. The van der Waals surface area contributed by atoms with Gasteiger partial charge in [-0.15, -0.1) is 0 Å². The number of carbonyl (C=O) groups excluding carboxylic acids is 1. The highest BCUT2D eigenvalue weighted by Crippen LogP contribution is 2.44. The van der Waals surface area contributed by atoms with Crippen molar-refractivity contribution in [2.75, 3.05) is 26.1 Å². The maximum Gasteiger partial charge on any atom is 0.311 e. The van der Waals surface area contributed by atoms with Gasteiger partial charge in [0.25, 0.3) is 0 Å². The molecule has 4 rings (SSSR count). The molecule has 3 aliphatic rings. The number of rotatable bonds is 20. The van der Waals surface area contributed by atoms with Crippen molar-refractivity contribution in [3.05, 3.63) is 54.6 Å². The van der Waals surface area contributed by atoms with E-state index in [0.717, 1.165) is 49.7 Å². The number of ether oxygens (including phenoxy) is 5. The molecular formula is C50H86O10SSi2. The zero-order valence-electron chi connectivity index (χ0n) is 41.8. The average molecular weight is 935 g/mol. The Labute approximate surface area is 385 Å². The topological polar surface area (TPSA) is 116 Å². The standard InChI is InChI=1S/C50H86O10SSi2/c1-34-28-38(25-26-42-35(2)29-37(57-42)22-21-27-55-47(51)48(4,5)6)58-43(36(34)3)31-44-41(33-61(52,53)40-23-19-18-20-24-40)46(54-13)45(59-44)30-39(60-63(16,17)50(10,11)12)32-56-62(14,15)49(7,8)9/h18-20,23-24,34,37-39,41-46H,2-3,21-22,25-33H2,1,4-17H3/t34-,37?,38+,39-,41+,42+,43?,44?,45?,46-/m1/s1. The third-order valence-electron chi connectivity index (χ3n) is 14.6. The summed E-state index contributed by atoms with van der Waals surface area (Å²) in [5, 5.41) is 0.00122. The Kier molecular flexibility index (Phi) is 18.4. The maximum absolute atomic E-state index is 14.2. The van der Waals surface area contributed by atoms with Crippen LogP contribution in [0.1, 0.15) is 121 Å². The monoisotopic (exact) mass is 935 g/mol. The Morgan fingerprint density at radius 1 is 0.841 bits per heavy atom. The van der Waals surface area contributed by atoms with E-state index in [2.05, 4.69) is 87.8 Å². The first-order valence-corrected chi connectivity index (χ1v) is 31.0. The number of benzene rings is 1. The summed E-state index contributed by atoms with van der Waals surface area (Å²) in [5.74, 6) is -0.559. The van der Waals surface area contributed by atoms with Crippen LogP contribution in [0, 0.1) is 17.3 Å². The predicted molar refractivity (Wildman–Crippen MR) is 259 cm³/mol. The van der Waals surface area contributed by atoms with Crippen LogP contribution in [0.5, 0.6) is 0 Å². The van der Waals surface area contributed by atoms with E-state index in [1.807, 2.05) is 26.8 Å². The second-order valence-electron chi connectivity index (χ2n) is 22.9. The van der Waals surface area contributed by atoms with Gasteiger partial charge in [0.2, 0.25) is 0 Å². The first kappa shape index (κ1) is 53.9. The number of esters is 1. The van der Waals surface area contributed by atoms with Gasteiger partial charge in [0.15, 0.2) is 26.5 Å². The van der Waals surface area contributed by atoms with Crippen LogP contribution in [0.4, 0.5) is 0 Å². The molecule has 63 heavy (non-hydrogen) atoms. The van der Waals surface area contributed by atoms with Crippen LogP contribution < -0.4 is 0 Å². The zero-order valence-corrected chi connectivity index (χ0v) is 44.7. The van der Waals surface area contributed by atoms with Gasteiger partial charge >= 0.3 is 5.97 Å². The van der Waals surface area contributed by atoms with Gasteiger partial charge < -0.3 is 32.5 Å². The molecule has 10 atom stereocenters. The molecule has 0 aliphatic carbocycles. The minimum Gasteiger partial charge on any atom is -0.465 e. The summed E-state index contributed by atoms with van der Waals surface area (Å²) in [6.45, 7) is 40.0. The van der Waals surface area contributed by atoms with Crippen LogP contribution >= 0.6 is 0 Å². The lowest BCUT2D eigenvalue weighted by Gasteiger charge is -2.42. The molecule has 0 aromatic heterocycles. The predicted octanol–water partition coefficient (Wildman–Crippen LogP) is 11.3. The molecule has 0 N–H and O–H groups in total. The molecule has 360 valence electrons. The Hall–Kier alpha value is -1.69. The molecule has 1 aromatic rings. The quantitative estimate of drug-likeness (QED) is 0.0541. The lowest BCUT2D eigenvalue weighted by molar-refractivity contribution is -0.153. The molecule has 3 fully saturated rings. The minimum absolute atomic E-state index is 0.0249. The number of sulfone groups is 1. The summed E-state index contributed by atoms with van der Waals surface area (Å²) in [6.07, 6.45) is 3.78. The molecule has 0 saturated carbocycles. The molecule has 13 heteroatoms. The van der Waals surface area contributed by atoms with Gasteiger partial charge in [-0.05, 0) is 125 Å². The number of hydrogen-bond donors (Lipinski definition) is 0. The summed E-state index contributed by atoms with van der Waals surface area (Å²) < 4.78 is 74.5. The molecule has 10 nitrogen and oxygen atoms in total. The molecule has 4 unspecified atom stereocenters. The van der Waals surface area contributed by atoms with Crippen LogP contribution in [0.3, 0.4) is 0 Å². The summed E-state index contributed by atoms with van der Waals surface area (Å²) >= 11 is 0. The van der Waals surface area contributed by atoms with E-state index >= 15 is 0 Å². The van der Waals surface area contributed by atoms with Gasteiger partial charge in [0.1, 0.15) is 0 Å². The van der Waals surface area contributed by atoms with Crippen LogP contribution in [0.2, 0.25) is 36.3 Å². The third kappa shape index (κ3) is 14.7. The molecule has 0 bridgehead atoms. The van der Waals surface area contributed by atoms with E-state index < -0.39 is 56.1 Å². The lowest BCUT2D eigenvalue weighted by Crippen LogP contribution is -2.49. The third-order valence-corrected chi connectivity index (χ3v) is 25.5. The molecule has 0 radical (unpaired) electrons. The van der Waals surface area contributed by atoms with Crippen molar-refractivity contribution in [3.8, 4) is 0 Å². The van der Waals surface area contributed by atoms with E-state index in [1.54, 1.807) is 31.4 Å². The fourth-order valence-corrected chi connectivity index (χ4v) is 12.5. The lowest BCUT2D eigenvalue weighted by atomic mass is 9.83. The van der Waals surface area contributed by atoms with E-state index in [9.17, 15) is 13.2 Å². The van der Waals surface area contributed by atoms with Gasteiger partial charge in [0, 0.05) is 25.9 Å². The number of hydrogen-bond acceptors (Lipinski definition) is 10. The first-order chi connectivity index (χ1) is 29.0. The van der Waals surface area contributed by atoms with E-state index in [4.69, 9.17) is 32.5 Å².